The zero-order chi connectivity index (χ0) is 28.7. The molecule has 1 N–H and O–H groups in total. The number of nitrogens with zero attached hydrogens (tertiary/aromatic N) is 2. The van der Waals surface area contributed by atoms with Crippen molar-refractivity contribution in [3.63, 3.8) is 0 Å². The Morgan fingerprint density at radius 1 is 0.846 bits per heavy atom. The van der Waals surface area contributed by atoms with Gasteiger partial charge in [-0.05, 0) is 80.1 Å². The van der Waals surface area contributed by atoms with Gasteiger partial charge in [0.1, 0.15) is 12.6 Å². The highest BCUT2D eigenvalue weighted by Crippen LogP contribution is 2.26. The molecule has 1 atom stereocenters. The summed E-state index contributed by atoms with van der Waals surface area (Å²) >= 11 is 0. The molecule has 3 rings (SSSR count). The fourth-order valence-corrected chi connectivity index (χ4v) is 5.77. The van der Waals surface area contributed by atoms with Crippen molar-refractivity contribution in [1.82, 2.24) is 10.2 Å². The van der Waals surface area contributed by atoms with E-state index in [0.717, 1.165) is 26.6 Å². The molecular weight excluding hydrogens is 510 g/mol. The minimum atomic E-state index is -4.08. The summed E-state index contributed by atoms with van der Waals surface area (Å²) in [4.78, 5) is 28.7. The molecule has 0 aliphatic rings. The molecule has 0 heterocycles. The minimum Gasteiger partial charge on any atom is -0.354 e. The minimum absolute atomic E-state index is 0.0881. The van der Waals surface area contributed by atoms with Crippen LogP contribution >= 0.6 is 0 Å². The number of anilines is 1. The lowest BCUT2D eigenvalue weighted by molar-refractivity contribution is -0.139. The number of aryl methyl sites for hydroxylation is 3. The molecule has 0 radical (unpaired) electrons. The van der Waals surface area contributed by atoms with Gasteiger partial charge in [0, 0.05) is 13.1 Å². The van der Waals surface area contributed by atoms with Crippen molar-refractivity contribution in [1.29, 1.82) is 0 Å². The van der Waals surface area contributed by atoms with E-state index in [1.165, 1.54) is 17.0 Å². The summed E-state index contributed by atoms with van der Waals surface area (Å²) in [6.07, 6.45) is 0. The van der Waals surface area contributed by atoms with Gasteiger partial charge in [-0.1, -0.05) is 62.4 Å². The average Bonchev–Trinajstić information content (AvgIpc) is 2.89. The first-order valence-corrected chi connectivity index (χ1v) is 14.6. The second-order valence-corrected chi connectivity index (χ2v) is 12.3. The molecular formula is C31H39N3O4S. The monoisotopic (exact) mass is 549 g/mol. The van der Waals surface area contributed by atoms with Gasteiger partial charge in [0.15, 0.2) is 0 Å². The molecule has 3 aromatic carbocycles. The van der Waals surface area contributed by atoms with E-state index >= 15 is 0 Å². The van der Waals surface area contributed by atoms with E-state index in [1.807, 2.05) is 65.0 Å². The Bertz CT molecular complexity index is 1380. The number of amides is 2. The topological polar surface area (TPSA) is 86.8 Å². The van der Waals surface area contributed by atoms with Gasteiger partial charge < -0.3 is 10.2 Å². The summed E-state index contributed by atoms with van der Waals surface area (Å²) in [5.41, 5.74) is 4.02. The van der Waals surface area contributed by atoms with Gasteiger partial charge >= 0.3 is 0 Å². The van der Waals surface area contributed by atoms with Crippen LogP contribution < -0.4 is 9.62 Å². The second kappa shape index (κ2) is 12.9. The van der Waals surface area contributed by atoms with Crippen LogP contribution in [0.3, 0.4) is 0 Å². The number of hydrogen-bond donors (Lipinski definition) is 1. The summed E-state index contributed by atoms with van der Waals surface area (Å²) in [5, 5.41) is 2.91. The lowest BCUT2D eigenvalue weighted by atomic mass is 10.1. The fraction of sp³-hybridized carbons (Fsp3) is 0.355. The van der Waals surface area contributed by atoms with Crippen LogP contribution in [-0.4, -0.2) is 44.3 Å². The van der Waals surface area contributed by atoms with Crippen LogP contribution in [0.5, 0.6) is 0 Å². The van der Waals surface area contributed by atoms with E-state index < -0.39 is 28.5 Å². The predicted octanol–water partition coefficient (Wildman–Crippen LogP) is 5.00. The Hall–Kier alpha value is -3.65. The molecule has 3 aromatic rings. The first-order valence-electron chi connectivity index (χ1n) is 13.2. The maximum Gasteiger partial charge on any atom is 0.264 e. The highest BCUT2D eigenvalue weighted by atomic mass is 32.2. The molecule has 0 saturated carbocycles. The standard InChI is InChI=1S/C31H39N3O4S/c1-22(2)19-32-31(36)26(6)33(20-27-13-11-10-12-25(27)5)30(35)21-34(28-17-23(3)16-24(4)18-28)39(37,38)29-14-8-7-9-15-29/h7-18,22,26H,19-21H2,1-6H3,(H,32,36)/t26-/m0/s1. The van der Waals surface area contributed by atoms with Gasteiger partial charge in [-0.15, -0.1) is 0 Å². The van der Waals surface area contributed by atoms with Gasteiger partial charge in [0.05, 0.1) is 10.6 Å². The molecule has 208 valence electrons. The van der Waals surface area contributed by atoms with E-state index in [2.05, 4.69) is 5.32 Å². The lowest BCUT2D eigenvalue weighted by Gasteiger charge is -2.32. The highest BCUT2D eigenvalue weighted by molar-refractivity contribution is 7.92. The zero-order valence-corrected chi connectivity index (χ0v) is 24.5. The third-order valence-corrected chi connectivity index (χ3v) is 8.35. The maximum atomic E-state index is 14.0. The number of sulfonamides is 1. The quantitative estimate of drug-likeness (QED) is 0.365. The molecule has 8 heteroatoms. The number of benzene rings is 3. The van der Waals surface area contributed by atoms with Gasteiger partial charge in [0.25, 0.3) is 10.0 Å². The van der Waals surface area contributed by atoms with E-state index in [4.69, 9.17) is 0 Å². The molecule has 7 nitrogen and oxygen atoms in total. The van der Waals surface area contributed by atoms with Crippen molar-refractivity contribution in [2.45, 2.75) is 59.0 Å². The molecule has 0 aliphatic carbocycles. The summed E-state index contributed by atoms with van der Waals surface area (Å²) in [6.45, 7) is 11.6. The molecule has 0 spiro atoms. The van der Waals surface area contributed by atoms with Crippen LogP contribution in [0.4, 0.5) is 5.69 Å². The molecule has 0 aromatic heterocycles. The Kier molecular flexibility index (Phi) is 9.92. The largest absolute Gasteiger partial charge is 0.354 e. The van der Waals surface area contributed by atoms with Crippen molar-refractivity contribution < 1.29 is 18.0 Å². The van der Waals surface area contributed by atoms with Gasteiger partial charge in [-0.25, -0.2) is 8.42 Å². The van der Waals surface area contributed by atoms with Crippen LogP contribution in [-0.2, 0) is 26.2 Å². The van der Waals surface area contributed by atoms with E-state index in [1.54, 1.807) is 37.3 Å². The van der Waals surface area contributed by atoms with Crippen LogP contribution in [0.2, 0.25) is 0 Å². The lowest BCUT2D eigenvalue weighted by Crippen LogP contribution is -2.51. The third-order valence-electron chi connectivity index (χ3n) is 6.56. The first kappa shape index (κ1) is 29.9. The van der Waals surface area contributed by atoms with Gasteiger partial charge in [0.2, 0.25) is 11.8 Å². The SMILES string of the molecule is Cc1cc(C)cc(N(CC(=O)N(Cc2ccccc2C)[C@@H](C)C(=O)NCC(C)C)S(=O)(=O)c2ccccc2)c1. The second-order valence-electron chi connectivity index (χ2n) is 10.4. The Labute approximate surface area is 232 Å². The molecule has 0 bridgehead atoms. The number of carbonyl (C=O) groups excluding carboxylic acids is 2. The Balaban J connectivity index is 2.04. The van der Waals surface area contributed by atoms with E-state index in [0.29, 0.717) is 12.2 Å². The van der Waals surface area contributed by atoms with Gasteiger partial charge in [-0.2, -0.15) is 0 Å². The normalized spacial score (nSPS) is 12.2. The summed E-state index contributed by atoms with van der Waals surface area (Å²) in [6, 6.07) is 20.4. The summed E-state index contributed by atoms with van der Waals surface area (Å²) in [7, 11) is -4.08. The molecule has 0 fully saturated rings. The van der Waals surface area contributed by atoms with E-state index in [9.17, 15) is 18.0 Å². The maximum absolute atomic E-state index is 14.0. The Morgan fingerprint density at radius 2 is 1.44 bits per heavy atom. The fourth-order valence-electron chi connectivity index (χ4n) is 4.35. The predicted molar refractivity (Wildman–Crippen MR) is 156 cm³/mol. The molecule has 0 saturated heterocycles. The Morgan fingerprint density at radius 3 is 2.03 bits per heavy atom. The van der Waals surface area contributed by atoms with Gasteiger partial charge in [-0.3, -0.25) is 13.9 Å². The summed E-state index contributed by atoms with van der Waals surface area (Å²) < 4.78 is 28.9. The van der Waals surface area contributed by atoms with Crippen LogP contribution in [0.1, 0.15) is 43.0 Å². The van der Waals surface area contributed by atoms with Crippen molar-refractivity contribution in [3.8, 4) is 0 Å². The molecule has 0 aliphatic heterocycles. The number of carbonyl (C=O) groups is 2. The van der Waals surface area contributed by atoms with Crippen LogP contribution in [0.25, 0.3) is 0 Å². The van der Waals surface area contributed by atoms with Crippen molar-refractivity contribution in [2.24, 2.45) is 5.92 Å². The summed E-state index contributed by atoms with van der Waals surface area (Å²) in [5.74, 6) is -0.503. The van der Waals surface area contributed by atoms with Crippen molar-refractivity contribution in [2.75, 3.05) is 17.4 Å². The molecule has 39 heavy (non-hydrogen) atoms. The number of nitrogens with one attached hydrogen (secondary N) is 1. The average molecular weight is 550 g/mol. The molecule has 0 unspecified atom stereocenters. The van der Waals surface area contributed by atoms with Crippen LogP contribution in [0, 0.1) is 26.7 Å². The highest BCUT2D eigenvalue weighted by Gasteiger charge is 2.32. The third kappa shape index (κ3) is 7.69. The number of hydrogen-bond acceptors (Lipinski definition) is 4. The number of rotatable bonds is 11. The first-order chi connectivity index (χ1) is 18.4. The van der Waals surface area contributed by atoms with Crippen LogP contribution in [0.15, 0.2) is 77.7 Å². The van der Waals surface area contributed by atoms with E-state index in [-0.39, 0.29) is 23.3 Å². The molecule has 2 amide bonds. The van der Waals surface area contributed by atoms with Crippen molar-refractivity contribution in [3.05, 3.63) is 95.1 Å². The van der Waals surface area contributed by atoms with Crippen molar-refractivity contribution >= 4 is 27.5 Å². The smallest absolute Gasteiger partial charge is 0.264 e. The zero-order valence-electron chi connectivity index (χ0n) is 23.6.